The number of ether oxygens (including phenoxy) is 1. The van der Waals surface area contributed by atoms with Gasteiger partial charge in [0.05, 0.1) is 49.5 Å². The van der Waals surface area contributed by atoms with Gasteiger partial charge in [-0.2, -0.15) is 0 Å². The predicted octanol–water partition coefficient (Wildman–Crippen LogP) is 7.12. The smallest absolute Gasteiger partial charge is 0.407 e. The van der Waals surface area contributed by atoms with Gasteiger partial charge in [0, 0.05) is 6.54 Å². The lowest BCUT2D eigenvalue weighted by Gasteiger charge is -2.28. The Balaban J connectivity index is 0.967. The van der Waals surface area contributed by atoms with Crippen molar-refractivity contribution in [2.75, 3.05) is 20.2 Å². The van der Waals surface area contributed by atoms with Gasteiger partial charge in [-0.1, -0.05) is 109 Å². The van der Waals surface area contributed by atoms with Crippen molar-refractivity contribution < 1.29 is 29.0 Å². The first-order valence-electron chi connectivity index (χ1n) is 19.0. The van der Waals surface area contributed by atoms with Gasteiger partial charge < -0.3 is 40.7 Å². The fourth-order valence-electron chi connectivity index (χ4n) is 7.20. The lowest BCUT2D eigenvalue weighted by molar-refractivity contribution is -0.134. The summed E-state index contributed by atoms with van der Waals surface area (Å²) in [5, 5.41) is 17.7. The van der Waals surface area contributed by atoms with Crippen LogP contribution in [0.15, 0.2) is 122 Å². The van der Waals surface area contributed by atoms with Crippen LogP contribution in [-0.2, 0) is 14.3 Å². The number of carboxylic acid groups (broad SMARTS) is 1. The molecule has 296 valence electrons. The van der Waals surface area contributed by atoms with Crippen molar-refractivity contribution in [3.8, 4) is 33.6 Å². The van der Waals surface area contributed by atoms with E-state index in [2.05, 4.69) is 35.9 Å². The number of imidazole rings is 2. The third-order valence-corrected chi connectivity index (χ3v) is 10.3. The van der Waals surface area contributed by atoms with E-state index in [1.54, 1.807) is 53.7 Å². The zero-order valence-corrected chi connectivity index (χ0v) is 32.0. The number of likely N-dealkylation sites (tertiary alicyclic amines) is 1. The number of nitrogens with zero attached hydrogens (tertiary/aromatic N) is 3. The van der Waals surface area contributed by atoms with Crippen molar-refractivity contribution in [1.29, 1.82) is 0 Å². The SMILES string of the molecule is COC(=O)N[C@@H](C(=O)CN[C@@H](C)c1ncc(-c2ccc(-c3ccc(-c4cnc([C@@H]5CCCN5C(=O)[C@H](NC(=O)O)c5ccccc5)[nH]4)cc3)cc2)[nH]1)c1ccccc1. The highest BCUT2D eigenvalue weighted by Crippen LogP contribution is 2.34. The summed E-state index contributed by atoms with van der Waals surface area (Å²) in [6, 6.07) is 31.7. The van der Waals surface area contributed by atoms with E-state index in [1.165, 1.54) is 7.11 Å². The number of benzene rings is 4. The molecule has 3 heterocycles. The maximum Gasteiger partial charge on any atom is 0.407 e. The summed E-state index contributed by atoms with van der Waals surface area (Å²) >= 11 is 0. The average Bonchev–Trinajstić information content (AvgIpc) is 4.06. The molecule has 1 fully saturated rings. The molecular weight excluding hydrogens is 737 g/mol. The van der Waals surface area contributed by atoms with E-state index >= 15 is 0 Å². The standard InChI is InChI=1S/C44H44N8O6/c1-27(45-26-37(53)38(51-44(57)58-2)32-10-5-3-6-11-32)40-46-24-34(48-40)30-19-15-28(16-20-30)29-17-21-31(22-18-29)35-25-47-41(49-35)36-14-9-23-52(36)42(54)39(50-43(55)56)33-12-7-4-8-13-33/h3-8,10-13,15-22,24-25,27,36,38-39,45,50H,9,14,23,26H2,1-2H3,(H,46,48)(H,47,49)(H,51,57)(H,55,56)/t27-,36-,38+,39+/m0/s1. The van der Waals surface area contributed by atoms with E-state index in [0.29, 0.717) is 35.7 Å². The van der Waals surface area contributed by atoms with Crippen LogP contribution < -0.4 is 16.0 Å². The molecule has 0 aliphatic carbocycles. The number of amides is 3. The number of aromatic amines is 2. The van der Waals surface area contributed by atoms with Crippen LogP contribution in [0.25, 0.3) is 33.6 Å². The van der Waals surface area contributed by atoms with Gasteiger partial charge >= 0.3 is 12.2 Å². The van der Waals surface area contributed by atoms with Crippen molar-refractivity contribution in [2.24, 2.45) is 0 Å². The Morgan fingerprint density at radius 1 is 0.759 bits per heavy atom. The maximum absolute atomic E-state index is 13.7. The molecule has 4 atom stereocenters. The number of carbonyl (C=O) groups is 4. The molecular formula is C44H44N8O6. The second-order valence-corrected chi connectivity index (χ2v) is 14.1. The Labute approximate surface area is 335 Å². The normalized spacial score (nSPS) is 15.3. The first-order valence-corrected chi connectivity index (χ1v) is 19.0. The Kier molecular flexibility index (Phi) is 12.0. The number of Topliss-reactive ketones (excluding diaryl/α,β-unsaturated/α-hetero) is 1. The molecule has 14 heteroatoms. The zero-order valence-electron chi connectivity index (χ0n) is 32.0. The van der Waals surface area contributed by atoms with Gasteiger partial charge in [-0.3, -0.25) is 9.59 Å². The lowest BCUT2D eigenvalue weighted by Crippen LogP contribution is -2.42. The molecule has 1 saturated heterocycles. The Hall–Kier alpha value is -7.06. The summed E-state index contributed by atoms with van der Waals surface area (Å²) in [5.41, 5.74) is 6.85. The van der Waals surface area contributed by atoms with Crippen LogP contribution in [0.3, 0.4) is 0 Å². The molecule has 0 spiro atoms. The molecule has 0 bridgehead atoms. The number of carbonyl (C=O) groups excluding carboxylic acids is 3. The van der Waals surface area contributed by atoms with Crippen LogP contribution in [-0.4, -0.2) is 74.0 Å². The van der Waals surface area contributed by atoms with Crippen molar-refractivity contribution in [1.82, 2.24) is 40.8 Å². The van der Waals surface area contributed by atoms with Gasteiger partial charge in [0.25, 0.3) is 5.91 Å². The fraction of sp³-hybridized carbons (Fsp3) is 0.227. The molecule has 0 saturated carbocycles. The number of aromatic nitrogens is 4. The summed E-state index contributed by atoms with van der Waals surface area (Å²) < 4.78 is 4.73. The molecule has 14 nitrogen and oxygen atoms in total. The van der Waals surface area contributed by atoms with Crippen molar-refractivity contribution in [3.63, 3.8) is 0 Å². The van der Waals surface area contributed by atoms with E-state index < -0.39 is 24.3 Å². The topological polar surface area (TPSA) is 194 Å². The van der Waals surface area contributed by atoms with E-state index in [4.69, 9.17) is 4.74 Å². The summed E-state index contributed by atoms with van der Waals surface area (Å²) in [5.74, 6) is 0.800. The van der Waals surface area contributed by atoms with Crippen molar-refractivity contribution in [3.05, 3.63) is 144 Å². The number of nitrogens with one attached hydrogen (secondary N) is 5. The second kappa shape index (κ2) is 17.8. The monoisotopic (exact) mass is 780 g/mol. The van der Waals surface area contributed by atoms with Gasteiger partial charge in [0.15, 0.2) is 5.78 Å². The first-order chi connectivity index (χ1) is 28.2. The van der Waals surface area contributed by atoms with Crippen molar-refractivity contribution >= 4 is 23.9 Å². The number of hydrogen-bond donors (Lipinski definition) is 6. The van der Waals surface area contributed by atoms with Crippen LogP contribution in [0.4, 0.5) is 9.59 Å². The molecule has 6 aromatic rings. The van der Waals surface area contributed by atoms with E-state index in [-0.39, 0.29) is 30.3 Å². The highest BCUT2D eigenvalue weighted by atomic mass is 16.5. The molecule has 7 rings (SSSR count). The number of H-pyrrole nitrogens is 2. The lowest BCUT2D eigenvalue weighted by atomic mass is 10.0. The van der Waals surface area contributed by atoms with E-state index in [1.807, 2.05) is 79.7 Å². The molecule has 58 heavy (non-hydrogen) atoms. The van der Waals surface area contributed by atoms with Crippen LogP contribution >= 0.6 is 0 Å². The van der Waals surface area contributed by atoms with Gasteiger partial charge in [-0.15, -0.1) is 0 Å². The van der Waals surface area contributed by atoms with Gasteiger partial charge in [-0.05, 0) is 53.1 Å². The van der Waals surface area contributed by atoms with Crippen LogP contribution in [0.2, 0.25) is 0 Å². The Morgan fingerprint density at radius 2 is 1.31 bits per heavy atom. The maximum atomic E-state index is 13.7. The second-order valence-electron chi connectivity index (χ2n) is 14.1. The number of rotatable bonds is 14. The third kappa shape index (κ3) is 8.98. The summed E-state index contributed by atoms with van der Waals surface area (Å²) in [6.07, 6.45) is 3.08. The minimum atomic E-state index is -1.26. The Morgan fingerprint density at radius 3 is 1.90 bits per heavy atom. The van der Waals surface area contributed by atoms with Gasteiger partial charge in [-0.25, -0.2) is 19.6 Å². The molecule has 0 radical (unpaired) electrons. The van der Waals surface area contributed by atoms with E-state index in [9.17, 15) is 24.3 Å². The van der Waals surface area contributed by atoms with Gasteiger partial charge in [0.1, 0.15) is 23.7 Å². The number of alkyl carbamates (subject to hydrolysis) is 1. The molecule has 1 aliphatic rings. The highest BCUT2D eigenvalue weighted by molar-refractivity contribution is 5.90. The van der Waals surface area contributed by atoms with Crippen LogP contribution in [0, 0.1) is 0 Å². The fourth-order valence-corrected chi connectivity index (χ4v) is 7.20. The minimum absolute atomic E-state index is 0.000418. The van der Waals surface area contributed by atoms with E-state index in [0.717, 1.165) is 40.1 Å². The predicted molar refractivity (Wildman–Crippen MR) is 217 cm³/mol. The van der Waals surface area contributed by atoms with Crippen molar-refractivity contribution in [2.45, 2.75) is 43.9 Å². The number of hydrogen-bond acceptors (Lipinski definition) is 8. The first kappa shape index (κ1) is 39.2. The number of methoxy groups -OCH3 is 1. The number of ketones is 1. The summed E-state index contributed by atoms with van der Waals surface area (Å²) in [6.45, 7) is 2.42. The molecule has 0 unspecified atom stereocenters. The molecule has 4 aromatic carbocycles. The van der Waals surface area contributed by atoms with Gasteiger partial charge in [0.2, 0.25) is 0 Å². The summed E-state index contributed by atoms with van der Waals surface area (Å²) in [4.78, 5) is 68.1. The molecule has 2 aromatic heterocycles. The molecule has 1 aliphatic heterocycles. The molecule has 3 amide bonds. The largest absolute Gasteiger partial charge is 0.465 e. The third-order valence-electron chi connectivity index (χ3n) is 10.3. The Bertz CT molecular complexity index is 2340. The van der Waals surface area contributed by atoms with Crippen LogP contribution in [0.1, 0.15) is 66.7 Å². The summed E-state index contributed by atoms with van der Waals surface area (Å²) in [7, 11) is 1.26. The average molecular weight is 781 g/mol. The quantitative estimate of drug-likeness (QED) is 0.0667. The van der Waals surface area contributed by atoms with Crippen LogP contribution in [0.5, 0.6) is 0 Å². The minimum Gasteiger partial charge on any atom is -0.465 e. The zero-order chi connectivity index (χ0) is 40.6. The molecule has 6 N–H and O–H groups in total. The highest BCUT2D eigenvalue weighted by Gasteiger charge is 2.37.